The van der Waals surface area contributed by atoms with Gasteiger partial charge in [0.25, 0.3) is 0 Å². The minimum atomic E-state index is -1.13. The van der Waals surface area contributed by atoms with Crippen LogP contribution in [0.15, 0.2) is 36.5 Å². The van der Waals surface area contributed by atoms with Crippen LogP contribution in [0.3, 0.4) is 0 Å². The number of carboxylic acids is 1. The van der Waals surface area contributed by atoms with Crippen molar-refractivity contribution in [2.24, 2.45) is 0 Å². The molecule has 0 heterocycles. The molecule has 8 heteroatoms. The summed E-state index contributed by atoms with van der Waals surface area (Å²) >= 11 is 0. The topological polar surface area (TPSA) is 102 Å². The van der Waals surface area contributed by atoms with Crippen LogP contribution in [-0.2, 0) is 28.6 Å². The zero-order chi connectivity index (χ0) is 37.8. The molecule has 0 aliphatic rings. The van der Waals surface area contributed by atoms with Crippen LogP contribution in [0.5, 0.6) is 0 Å². The number of hydrogen-bond donors (Lipinski definition) is 0. The first-order valence-electron chi connectivity index (χ1n) is 20.5. The average Bonchev–Trinajstić information content (AvgIpc) is 3.08. The molecule has 0 saturated carbocycles. The molecule has 0 fully saturated rings. The maximum Gasteiger partial charge on any atom is 0.306 e. The normalized spacial score (nSPS) is 13.4. The fraction of sp³-hybridized carbons (Fsp3) is 0.791. The molecular weight excluding hydrogens is 642 g/mol. The number of quaternary nitrogens is 1. The van der Waals surface area contributed by atoms with Crippen molar-refractivity contribution in [1.82, 2.24) is 0 Å². The third kappa shape index (κ3) is 33.2. The molecule has 0 spiro atoms. The van der Waals surface area contributed by atoms with E-state index in [9.17, 15) is 19.5 Å². The van der Waals surface area contributed by atoms with Crippen LogP contribution in [-0.4, -0.2) is 75.5 Å². The van der Waals surface area contributed by atoms with Crippen molar-refractivity contribution in [3.8, 4) is 0 Å². The van der Waals surface area contributed by atoms with Crippen LogP contribution >= 0.6 is 0 Å². The van der Waals surface area contributed by atoms with Gasteiger partial charge in [-0.1, -0.05) is 140 Å². The van der Waals surface area contributed by atoms with E-state index in [2.05, 4.69) is 50.3 Å². The van der Waals surface area contributed by atoms with E-state index >= 15 is 0 Å². The lowest BCUT2D eigenvalue weighted by Gasteiger charge is -2.34. The smallest absolute Gasteiger partial charge is 0.306 e. The molecule has 0 saturated heterocycles. The first kappa shape index (κ1) is 48.5. The summed E-state index contributed by atoms with van der Waals surface area (Å²) < 4.78 is 17.0. The third-order valence-corrected chi connectivity index (χ3v) is 9.03. The summed E-state index contributed by atoms with van der Waals surface area (Å²) in [6, 6.07) is -0.730. The second-order valence-electron chi connectivity index (χ2n) is 14.9. The molecule has 8 nitrogen and oxygen atoms in total. The number of rotatable bonds is 36. The van der Waals surface area contributed by atoms with Gasteiger partial charge in [-0.2, -0.15) is 0 Å². The summed E-state index contributed by atoms with van der Waals surface area (Å²) in [5.41, 5.74) is 0. The fourth-order valence-electron chi connectivity index (χ4n) is 5.79. The highest BCUT2D eigenvalue weighted by Crippen LogP contribution is 2.13. The molecule has 0 aromatic carbocycles. The SMILES string of the molecule is CCCCCCCC/C=C/C/C=C/C/C=C/CCCC(=O)OCC(COCCC(C(=O)[O-])[N+](C)(C)C)OC(=O)CCCCCCCCCCCC. The molecule has 0 radical (unpaired) electrons. The quantitative estimate of drug-likeness (QED) is 0.0275. The highest BCUT2D eigenvalue weighted by molar-refractivity contribution is 5.70. The number of carbonyl (C=O) groups excluding carboxylic acids is 3. The molecule has 2 atom stereocenters. The highest BCUT2D eigenvalue weighted by atomic mass is 16.6. The van der Waals surface area contributed by atoms with E-state index < -0.39 is 18.1 Å². The van der Waals surface area contributed by atoms with E-state index in [4.69, 9.17) is 14.2 Å². The molecule has 0 aliphatic carbocycles. The van der Waals surface area contributed by atoms with Crippen molar-refractivity contribution in [2.45, 2.75) is 180 Å². The monoisotopic (exact) mass is 720 g/mol. The first-order valence-corrected chi connectivity index (χ1v) is 20.5. The lowest BCUT2D eigenvalue weighted by Crippen LogP contribution is -2.55. The summed E-state index contributed by atoms with van der Waals surface area (Å²) in [5, 5.41) is 11.6. The van der Waals surface area contributed by atoms with Crippen molar-refractivity contribution >= 4 is 17.9 Å². The Kier molecular flexibility index (Phi) is 33.0. The number of carboxylic acid groups (broad SMARTS) is 1. The molecule has 0 amide bonds. The number of hydrogen-bond acceptors (Lipinski definition) is 7. The summed E-state index contributed by atoms with van der Waals surface area (Å²) in [5.74, 6) is -1.80. The molecule has 0 aliphatic heterocycles. The van der Waals surface area contributed by atoms with Crippen LogP contribution in [0.2, 0.25) is 0 Å². The lowest BCUT2D eigenvalue weighted by atomic mass is 10.1. The van der Waals surface area contributed by atoms with Gasteiger partial charge in [0, 0.05) is 19.3 Å². The molecule has 0 bridgehead atoms. The van der Waals surface area contributed by atoms with E-state index in [1.165, 1.54) is 89.9 Å². The minimum Gasteiger partial charge on any atom is -0.544 e. The Morgan fingerprint density at radius 3 is 1.59 bits per heavy atom. The van der Waals surface area contributed by atoms with E-state index in [1.54, 1.807) is 21.1 Å². The van der Waals surface area contributed by atoms with Gasteiger partial charge in [0.15, 0.2) is 6.10 Å². The van der Waals surface area contributed by atoms with Gasteiger partial charge in [-0.3, -0.25) is 9.59 Å². The van der Waals surface area contributed by atoms with E-state index in [-0.39, 0.29) is 49.1 Å². The molecular formula is C43H77NO7. The molecule has 296 valence electrons. The number of allylic oxidation sites excluding steroid dienone is 6. The summed E-state index contributed by atoms with van der Waals surface area (Å²) in [6.45, 7) is 4.58. The number of unbranched alkanes of at least 4 members (excludes halogenated alkanes) is 16. The second-order valence-corrected chi connectivity index (χ2v) is 14.9. The zero-order valence-electron chi connectivity index (χ0n) is 33.5. The van der Waals surface area contributed by atoms with Gasteiger partial charge in [-0.25, -0.2) is 0 Å². The number of ether oxygens (including phenoxy) is 3. The standard InChI is InChI=1S/C43H77NO7/c1-6-8-10-12-14-16-18-19-20-21-22-23-24-26-27-29-31-33-41(45)50-38-39(37-49-36-35-40(43(47)48)44(3,4)5)51-42(46)34-32-30-28-25-17-15-13-11-9-7-2/h19-20,22-23,26-27,39-40H,6-18,21,24-25,28-38H2,1-5H3/b20-19+,23-22+,27-26+. The number of aliphatic carboxylic acids is 1. The Morgan fingerprint density at radius 2 is 1.06 bits per heavy atom. The predicted octanol–water partition coefficient (Wildman–Crippen LogP) is 9.35. The van der Waals surface area contributed by atoms with Crippen LogP contribution in [0.1, 0.15) is 168 Å². The Labute approximate surface area is 313 Å². The maximum atomic E-state index is 12.6. The molecule has 0 rings (SSSR count). The highest BCUT2D eigenvalue weighted by Gasteiger charge is 2.25. The average molecular weight is 720 g/mol. The van der Waals surface area contributed by atoms with Gasteiger partial charge in [0.2, 0.25) is 0 Å². The molecule has 0 aromatic rings. The maximum absolute atomic E-state index is 12.6. The van der Waals surface area contributed by atoms with Gasteiger partial charge in [-0.05, 0) is 44.9 Å². The fourth-order valence-corrected chi connectivity index (χ4v) is 5.79. The van der Waals surface area contributed by atoms with E-state index in [0.29, 0.717) is 12.8 Å². The van der Waals surface area contributed by atoms with Crippen molar-refractivity contribution in [3.63, 3.8) is 0 Å². The summed E-state index contributed by atoms with van der Waals surface area (Å²) in [6.07, 6.45) is 37.5. The van der Waals surface area contributed by atoms with Gasteiger partial charge in [0.05, 0.1) is 40.3 Å². The van der Waals surface area contributed by atoms with Crippen LogP contribution < -0.4 is 5.11 Å². The van der Waals surface area contributed by atoms with Gasteiger partial charge >= 0.3 is 11.9 Å². The number of likely N-dealkylation sites (N-methyl/N-ethyl adjacent to an activating group) is 1. The van der Waals surface area contributed by atoms with Gasteiger partial charge in [-0.15, -0.1) is 0 Å². The number of esters is 2. The van der Waals surface area contributed by atoms with Crippen LogP contribution in [0.25, 0.3) is 0 Å². The zero-order valence-corrected chi connectivity index (χ0v) is 33.5. The van der Waals surface area contributed by atoms with E-state index in [1.807, 2.05) is 0 Å². The molecule has 2 unspecified atom stereocenters. The minimum absolute atomic E-state index is 0.0269. The Balaban J connectivity index is 4.44. The number of carbonyl (C=O) groups is 3. The Bertz CT molecular complexity index is 937. The predicted molar refractivity (Wildman–Crippen MR) is 208 cm³/mol. The Morgan fingerprint density at radius 1 is 0.588 bits per heavy atom. The molecule has 0 N–H and O–H groups in total. The van der Waals surface area contributed by atoms with Crippen molar-refractivity contribution < 1.29 is 38.2 Å². The summed E-state index contributed by atoms with van der Waals surface area (Å²) in [4.78, 5) is 36.6. The first-order chi connectivity index (χ1) is 24.6. The van der Waals surface area contributed by atoms with Crippen molar-refractivity contribution in [3.05, 3.63) is 36.5 Å². The Hall–Kier alpha value is -2.45. The molecule has 51 heavy (non-hydrogen) atoms. The third-order valence-electron chi connectivity index (χ3n) is 9.03. The van der Waals surface area contributed by atoms with Crippen LogP contribution in [0, 0.1) is 0 Å². The largest absolute Gasteiger partial charge is 0.544 e. The lowest BCUT2D eigenvalue weighted by molar-refractivity contribution is -0.889. The number of nitrogens with zero attached hydrogens (tertiary/aromatic N) is 1. The van der Waals surface area contributed by atoms with E-state index in [0.717, 1.165) is 38.5 Å². The van der Waals surface area contributed by atoms with Crippen molar-refractivity contribution in [1.29, 1.82) is 0 Å². The second kappa shape index (κ2) is 34.6. The van der Waals surface area contributed by atoms with Gasteiger partial charge in [0.1, 0.15) is 12.6 Å². The van der Waals surface area contributed by atoms with Gasteiger partial charge < -0.3 is 28.6 Å². The van der Waals surface area contributed by atoms with Crippen molar-refractivity contribution in [2.75, 3.05) is 41.0 Å². The van der Waals surface area contributed by atoms with Crippen LogP contribution in [0.4, 0.5) is 0 Å². The summed E-state index contributed by atoms with van der Waals surface area (Å²) in [7, 11) is 5.38. The molecule has 0 aromatic heterocycles.